The van der Waals surface area contributed by atoms with E-state index in [9.17, 15) is 4.79 Å². The third-order valence-corrected chi connectivity index (χ3v) is 3.57. The van der Waals surface area contributed by atoms with Gasteiger partial charge in [0.05, 0.1) is 6.61 Å². The monoisotopic (exact) mass is 344 g/mol. The third-order valence-electron chi connectivity index (χ3n) is 3.08. The highest BCUT2D eigenvalue weighted by Crippen LogP contribution is 2.20. The van der Waals surface area contributed by atoms with Crippen molar-refractivity contribution in [2.45, 2.75) is 6.61 Å². The molecular weight excluding hydrogens is 332 g/mol. The molecule has 3 rings (SSSR count). The summed E-state index contributed by atoms with van der Waals surface area (Å²) in [6.45, 7) is 0.332. The summed E-state index contributed by atoms with van der Waals surface area (Å²) in [5.41, 5.74) is 4.81. The van der Waals surface area contributed by atoms with Crippen LogP contribution in [0, 0.1) is 0 Å². The van der Waals surface area contributed by atoms with E-state index < -0.39 is 0 Å². The molecule has 1 aromatic heterocycles. The van der Waals surface area contributed by atoms with Crippen LogP contribution in [0.3, 0.4) is 0 Å². The summed E-state index contributed by atoms with van der Waals surface area (Å²) in [5.74, 6) is -0.293. The van der Waals surface area contributed by atoms with Crippen LogP contribution in [0.4, 0.5) is 0 Å². The number of fused-ring (bicyclic) bond motifs is 1. The number of hydroxylamine groups is 1. The lowest BCUT2D eigenvalue weighted by Gasteiger charge is -2.04. The van der Waals surface area contributed by atoms with Crippen molar-refractivity contribution in [2.24, 2.45) is 0 Å². The summed E-state index contributed by atoms with van der Waals surface area (Å²) < 4.78 is 0.962. The summed E-state index contributed by atoms with van der Waals surface area (Å²) in [5, 5.41) is 0.978. The van der Waals surface area contributed by atoms with E-state index in [-0.39, 0.29) is 5.91 Å². The number of hydrogen-bond donors (Lipinski definition) is 2. The number of carbonyl (C=O) groups excluding carboxylic acids is 1. The van der Waals surface area contributed by atoms with E-state index in [1.165, 1.54) is 0 Å². The second kappa shape index (κ2) is 6.11. The molecule has 0 aliphatic carbocycles. The van der Waals surface area contributed by atoms with Gasteiger partial charge in [-0.25, -0.2) is 5.48 Å². The minimum absolute atomic E-state index is 0.293. The van der Waals surface area contributed by atoms with Gasteiger partial charge in [0.25, 0.3) is 5.91 Å². The van der Waals surface area contributed by atoms with E-state index in [2.05, 4.69) is 26.4 Å². The van der Waals surface area contributed by atoms with Crippen molar-refractivity contribution < 1.29 is 9.63 Å². The first-order valence-corrected chi connectivity index (χ1v) is 7.26. The number of benzene rings is 2. The van der Waals surface area contributed by atoms with Crippen LogP contribution in [0.15, 0.2) is 59.1 Å². The number of H-pyrrole nitrogens is 1. The van der Waals surface area contributed by atoms with Crippen LogP contribution < -0.4 is 5.48 Å². The quantitative estimate of drug-likeness (QED) is 0.707. The molecule has 0 aliphatic heterocycles. The number of aromatic nitrogens is 1. The Labute approximate surface area is 130 Å². The molecule has 0 radical (unpaired) electrons. The Morgan fingerprint density at radius 1 is 1.14 bits per heavy atom. The Bertz CT molecular complexity index is 768. The van der Waals surface area contributed by atoms with Crippen LogP contribution in [0.25, 0.3) is 10.9 Å². The maximum absolute atomic E-state index is 12.0. The molecule has 0 fully saturated rings. The molecular formula is C16H13BrN2O2. The molecule has 0 saturated heterocycles. The fourth-order valence-electron chi connectivity index (χ4n) is 2.04. The van der Waals surface area contributed by atoms with Crippen LogP contribution in [-0.4, -0.2) is 10.9 Å². The molecule has 0 aliphatic rings. The van der Waals surface area contributed by atoms with Crippen LogP contribution >= 0.6 is 15.9 Å². The molecule has 2 N–H and O–H groups in total. The van der Waals surface area contributed by atoms with Crippen molar-refractivity contribution in [1.82, 2.24) is 10.5 Å². The Morgan fingerprint density at radius 3 is 2.76 bits per heavy atom. The largest absolute Gasteiger partial charge is 0.350 e. The summed E-state index contributed by atoms with van der Waals surface area (Å²) in [6, 6.07) is 17.3. The summed E-state index contributed by atoms with van der Waals surface area (Å²) in [6.07, 6.45) is 0. The summed E-state index contributed by atoms with van der Waals surface area (Å²) in [7, 11) is 0. The highest BCUT2D eigenvalue weighted by atomic mass is 79.9. The van der Waals surface area contributed by atoms with E-state index in [1.54, 1.807) is 6.07 Å². The van der Waals surface area contributed by atoms with Gasteiger partial charge in [-0.05, 0) is 23.8 Å². The predicted molar refractivity (Wildman–Crippen MR) is 84.7 cm³/mol. The first-order chi connectivity index (χ1) is 10.2. The SMILES string of the molecule is O=C(NOCc1ccccc1)c1cc2ccc(Br)cc2[nH]1. The van der Waals surface area contributed by atoms with Gasteiger partial charge >= 0.3 is 0 Å². The normalized spacial score (nSPS) is 10.7. The predicted octanol–water partition coefficient (Wildman–Crippen LogP) is 3.79. The zero-order valence-electron chi connectivity index (χ0n) is 11.1. The lowest BCUT2D eigenvalue weighted by molar-refractivity contribution is 0.0230. The molecule has 1 heterocycles. The fourth-order valence-corrected chi connectivity index (χ4v) is 2.40. The van der Waals surface area contributed by atoms with Crippen molar-refractivity contribution in [1.29, 1.82) is 0 Å². The number of carbonyl (C=O) groups is 1. The van der Waals surface area contributed by atoms with Gasteiger partial charge in [-0.1, -0.05) is 52.3 Å². The number of amides is 1. The lowest BCUT2D eigenvalue weighted by atomic mass is 10.2. The van der Waals surface area contributed by atoms with E-state index >= 15 is 0 Å². The van der Waals surface area contributed by atoms with Gasteiger partial charge in [-0.2, -0.15) is 0 Å². The molecule has 106 valence electrons. The Hall–Kier alpha value is -2.11. The minimum Gasteiger partial charge on any atom is -0.350 e. The highest BCUT2D eigenvalue weighted by Gasteiger charge is 2.09. The molecule has 1 amide bonds. The zero-order valence-corrected chi connectivity index (χ0v) is 12.7. The number of rotatable bonds is 4. The first-order valence-electron chi connectivity index (χ1n) is 6.47. The Kier molecular flexibility index (Phi) is 4.03. The average Bonchev–Trinajstić information content (AvgIpc) is 2.91. The second-order valence-corrected chi connectivity index (χ2v) is 5.54. The van der Waals surface area contributed by atoms with Crippen molar-refractivity contribution in [3.05, 3.63) is 70.3 Å². The van der Waals surface area contributed by atoms with Crippen LogP contribution in [0.1, 0.15) is 16.1 Å². The van der Waals surface area contributed by atoms with Gasteiger partial charge in [0.1, 0.15) is 5.69 Å². The van der Waals surface area contributed by atoms with Crippen LogP contribution in [0.2, 0.25) is 0 Å². The van der Waals surface area contributed by atoms with Gasteiger partial charge in [-0.15, -0.1) is 0 Å². The molecule has 4 nitrogen and oxygen atoms in total. The van der Waals surface area contributed by atoms with E-state index in [4.69, 9.17) is 4.84 Å². The molecule has 0 unspecified atom stereocenters. The molecule has 0 bridgehead atoms. The van der Waals surface area contributed by atoms with Gasteiger partial charge in [0.2, 0.25) is 0 Å². The van der Waals surface area contributed by atoms with Gasteiger partial charge in [-0.3, -0.25) is 9.63 Å². The summed E-state index contributed by atoms with van der Waals surface area (Å²) in [4.78, 5) is 20.3. The molecule has 21 heavy (non-hydrogen) atoms. The maximum Gasteiger partial charge on any atom is 0.291 e. The Balaban J connectivity index is 1.64. The van der Waals surface area contributed by atoms with Gasteiger partial charge in [0, 0.05) is 15.4 Å². The molecule has 2 aromatic carbocycles. The highest BCUT2D eigenvalue weighted by molar-refractivity contribution is 9.10. The van der Waals surface area contributed by atoms with Crippen LogP contribution in [0.5, 0.6) is 0 Å². The smallest absolute Gasteiger partial charge is 0.291 e. The molecule has 5 heteroatoms. The topological polar surface area (TPSA) is 54.1 Å². The number of halogens is 1. The van der Waals surface area contributed by atoms with Gasteiger partial charge < -0.3 is 4.98 Å². The van der Waals surface area contributed by atoms with Gasteiger partial charge in [0.15, 0.2) is 0 Å². The molecule has 0 atom stereocenters. The second-order valence-electron chi connectivity index (χ2n) is 4.62. The zero-order chi connectivity index (χ0) is 14.7. The molecule has 0 spiro atoms. The third kappa shape index (κ3) is 3.32. The molecule has 3 aromatic rings. The molecule has 0 saturated carbocycles. The standard InChI is InChI=1S/C16H13BrN2O2/c17-13-7-6-12-8-15(18-14(12)9-13)16(20)19-21-10-11-4-2-1-3-5-11/h1-9,18H,10H2,(H,19,20). The maximum atomic E-state index is 12.0. The number of aromatic amines is 1. The van der Waals surface area contributed by atoms with Crippen LogP contribution in [-0.2, 0) is 11.4 Å². The number of nitrogens with one attached hydrogen (secondary N) is 2. The summed E-state index contributed by atoms with van der Waals surface area (Å²) >= 11 is 3.40. The van der Waals surface area contributed by atoms with Crippen molar-refractivity contribution >= 4 is 32.7 Å². The van der Waals surface area contributed by atoms with E-state index in [0.717, 1.165) is 20.9 Å². The fraction of sp³-hybridized carbons (Fsp3) is 0.0625. The van der Waals surface area contributed by atoms with E-state index in [1.807, 2.05) is 48.5 Å². The Morgan fingerprint density at radius 2 is 1.95 bits per heavy atom. The number of hydrogen-bond acceptors (Lipinski definition) is 2. The van der Waals surface area contributed by atoms with E-state index in [0.29, 0.717) is 12.3 Å². The van der Waals surface area contributed by atoms with Crippen molar-refractivity contribution in [3.8, 4) is 0 Å². The average molecular weight is 345 g/mol. The van der Waals surface area contributed by atoms with Crippen molar-refractivity contribution in [2.75, 3.05) is 0 Å². The van der Waals surface area contributed by atoms with Crippen molar-refractivity contribution in [3.63, 3.8) is 0 Å². The minimum atomic E-state index is -0.293. The first kappa shape index (κ1) is 13.9. The lowest BCUT2D eigenvalue weighted by Crippen LogP contribution is -2.23.